The van der Waals surface area contributed by atoms with E-state index in [1.165, 1.54) is 19.2 Å². The molecule has 3 N–H and O–H groups in total. The van der Waals surface area contributed by atoms with Crippen LogP contribution in [0.5, 0.6) is 0 Å². The highest BCUT2D eigenvalue weighted by Crippen LogP contribution is 2.21. The number of hydrogen-bond acceptors (Lipinski definition) is 7. The van der Waals surface area contributed by atoms with Crippen LogP contribution in [0.15, 0.2) is 21.7 Å². The van der Waals surface area contributed by atoms with Gasteiger partial charge in [-0.25, -0.2) is 0 Å². The number of non-ortho nitro benzene ring substituents is 1. The molecule has 10 heteroatoms. The van der Waals surface area contributed by atoms with E-state index in [1.807, 2.05) is 0 Å². The quantitative estimate of drug-likeness (QED) is 0.287. The number of aromatic nitrogens is 2. The number of carbonyl (C=O) groups excluding carboxylic acids is 1. The Hall–Kier alpha value is -3.01. The fourth-order valence-corrected chi connectivity index (χ4v) is 2.27. The minimum Gasteiger partial charge on any atom is -0.468 e. The Labute approximate surface area is 135 Å². The van der Waals surface area contributed by atoms with Crippen molar-refractivity contribution >= 4 is 22.7 Å². The maximum Gasteiger partial charge on any atom is 0.322 e. The lowest BCUT2D eigenvalue weighted by Crippen LogP contribution is -2.36. The Morgan fingerprint density at radius 2 is 2.00 bits per heavy atom. The highest BCUT2D eigenvalue weighted by atomic mass is 16.6. The van der Waals surface area contributed by atoms with E-state index in [0.717, 1.165) is 0 Å². The van der Waals surface area contributed by atoms with Crippen LogP contribution in [0.1, 0.15) is 12.5 Å². The molecule has 0 radical (unpaired) electrons. The van der Waals surface area contributed by atoms with Gasteiger partial charge in [0.1, 0.15) is 6.04 Å². The van der Waals surface area contributed by atoms with Crippen molar-refractivity contribution in [3.05, 3.63) is 48.5 Å². The third kappa shape index (κ3) is 3.66. The molecule has 128 valence electrons. The minimum absolute atomic E-state index is 0.171. The maximum atomic E-state index is 11.5. The molecular formula is C14H16N4O6. The highest BCUT2D eigenvalue weighted by Gasteiger charge is 2.15. The summed E-state index contributed by atoms with van der Waals surface area (Å²) in [6, 6.07) is 1.96. The van der Waals surface area contributed by atoms with Crippen molar-refractivity contribution in [3.8, 4) is 0 Å². The average molecular weight is 336 g/mol. The second kappa shape index (κ2) is 7.04. The van der Waals surface area contributed by atoms with Crippen LogP contribution in [0, 0.1) is 10.1 Å². The van der Waals surface area contributed by atoms with Gasteiger partial charge < -0.3 is 20.0 Å². The topological polar surface area (TPSA) is 147 Å². The minimum atomic E-state index is -0.883. The molecule has 1 atom stereocenters. The Bertz CT molecular complexity index is 900. The number of H-pyrrole nitrogens is 2. The molecule has 1 aromatic carbocycles. The van der Waals surface area contributed by atoms with Crippen LogP contribution in [0.25, 0.3) is 11.0 Å². The summed E-state index contributed by atoms with van der Waals surface area (Å²) >= 11 is 0. The lowest BCUT2D eigenvalue weighted by molar-refractivity contribution is -0.384. The number of ether oxygens (including phenoxy) is 1. The summed E-state index contributed by atoms with van der Waals surface area (Å²) in [5.74, 6) is -0.434. The molecule has 0 amide bonds. The van der Waals surface area contributed by atoms with Gasteiger partial charge in [0.25, 0.3) is 5.69 Å². The van der Waals surface area contributed by atoms with Crippen molar-refractivity contribution < 1.29 is 14.5 Å². The smallest absolute Gasteiger partial charge is 0.322 e. The fourth-order valence-electron chi connectivity index (χ4n) is 2.27. The highest BCUT2D eigenvalue weighted by molar-refractivity contribution is 5.80. The molecular weight excluding hydrogens is 320 g/mol. The first kappa shape index (κ1) is 17.3. The molecule has 0 aliphatic carbocycles. The Morgan fingerprint density at radius 1 is 1.33 bits per heavy atom. The molecule has 0 saturated heterocycles. The van der Waals surface area contributed by atoms with Gasteiger partial charge in [-0.05, 0) is 18.9 Å². The number of rotatable bonds is 6. The van der Waals surface area contributed by atoms with Gasteiger partial charge in [-0.1, -0.05) is 0 Å². The molecule has 1 unspecified atom stereocenters. The van der Waals surface area contributed by atoms with Crippen LogP contribution >= 0.6 is 0 Å². The Balaban J connectivity index is 2.35. The summed E-state index contributed by atoms with van der Waals surface area (Å²) in [5, 5.41) is 13.9. The van der Waals surface area contributed by atoms with E-state index < -0.39 is 28.1 Å². The maximum absolute atomic E-state index is 11.5. The number of nitro benzene ring substituents is 1. The molecule has 24 heavy (non-hydrogen) atoms. The zero-order chi connectivity index (χ0) is 17.9. The van der Waals surface area contributed by atoms with Gasteiger partial charge in [-0.2, -0.15) is 0 Å². The largest absolute Gasteiger partial charge is 0.468 e. The van der Waals surface area contributed by atoms with Crippen molar-refractivity contribution in [2.45, 2.75) is 19.4 Å². The molecule has 0 aliphatic rings. The van der Waals surface area contributed by atoms with Gasteiger partial charge in [0.15, 0.2) is 0 Å². The molecule has 2 aromatic rings. The number of nitrogens with one attached hydrogen (secondary N) is 3. The van der Waals surface area contributed by atoms with E-state index in [4.69, 9.17) is 0 Å². The number of esters is 1. The molecule has 0 saturated carbocycles. The van der Waals surface area contributed by atoms with Crippen LogP contribution in [0.3, 0.4) is 0 Å². The molecule has 1 heterocycles. The van der Waals surface area contributed by atoms with Gasteiger partial charge in [0.2, 0.25) is 0 Å². The SMILES string of the molecule is COC(=O)C(C)NCCc1cc([N+](=O)[O-])cc2[nH]c(=O)c(=O)[nH]c12. The molecule has 0 spiro atoms. The Morgan fingerprint density at radius 3 is 2.62 bits per heavy atom. The summed E-state index contributed by atoms with van der Waals surface area (Å²) in [6.07, 6.45) is 0.293. The van der Waals surface area contributed by atoms with Gasteiger partial charge in [-0.3, -0.25) is 24.5 Å². The zero-order valence-electron chi connectivity index (χ0n) is 13.0. The van der Waals surface area contributed by atoms with E-state index in [9.17, 15) is 24.5 Å². The molecule has 0 bridgehead atoms. The van der Waals surface area contributed by atoms with Crippen LogP contribution in [0.4, 0.5) is 5.69 Å². The third-order valence-electron chi connectivity index (χ3n) is 3.51. The van der Waals surface area contributed by atoms with Crippen molar-refractivity contribution in [2.75, 3.05) is 13.7 Å². The van der Waals surface area contributed by atoms with Crippen molar-refractivity contribution in [2.24, 2.45) is 0 Å². The first-order valence-corrected chi connectivity index (χ1v) is 7.08. The van der Waals surface area contributed by atoms with Crippen molar-refractivity contribution in [1.82, 2.24) is 15.3 Å². The van der Waals surface area contributed by atoms with E-state index in [1.54, 1.807) is 6.92 Å². The summed E-state index contributed by atoms with van der Waals surface area (Å²) in [5.41, 5.74) is -0.972. The van der Waals surface area contributed by atoms with Crippen molar-refractivity contribution in [3.63, 3.8) is 0 Å². The third-order valence-corrected chi connectivity index (χ3v) is 3.51. The average Bonchev–Trinajstić information content (AvgIpc) is 2.54. The predicted molar refractivity (Wildman–Crippen MR) is 85.0 cm³/mol. The summed E-state index contributed by atoms with van der Waals surface area (Å²) < 4.78 is 4.59. The number of benzene rings is 1. The van der Waals surface area contributed by atoms with E-state index >= 15 is 0 Å². The lowest BCUT2D eigenvalue weighted by atomic mass is 10.1. The number of nitro groups is 1. The van der Waals surface area contributed by atoms with E-state index in [2.05, 4.69) is 20.0 Å². The normalized spacial score (nSPS) is 12.1. The number of methoxy groups -OCH3 is 1. The lowest BCUT2D eigenvalue weighted by Gasteiger charge is -2.12. The standard InChI is InChI=1S/C14H16N4O6/c1-7(14(21)24-2)15-4-3-8-5-9(18(22)23)6-10-11(8)17-13(20)12(19)16-10/h5-7,15H,3-4H2,1-2H3,(H,16,19)(H,17,20). The number of nitrogens with zero attached hydrogens (tertiary/aromatic N) is 1. The van der Waals surface area contributed by atoms with Crippen molar-refractivity contribution in [1.29, 1.82) is 0 Å². The second-order valence-corrected chi connectivity index (χ2v) is 5.14. The first-order chi connectivity index (χ1) is 11.3. The zero-order valence-corrected chi connectivity index (χ0v) is 13.0. The van der Waals surface area contributed by atoms with Crippen LogP contribution in [-0.2, 0) is 16.0 Å². The number of carbonyl (C=O) groups is 1. The first-order valence-electron chi connectivity index (χ1n) is 7.08. The van der Waals surface area contributed by atoms with E-state index in [-0.39, 0.29) is 11.2 Å². The van der Waals surface area contributed by atoms with Crippen LogP contribution < -0.4 is 16.4 Å². The molecule has 0 fully saturated rings. The van der Waals surface area contributed by atoms with Gasteiger partial charge in [0, 0.05) is 18.7 Å². The molecule has 10 nitrogen and oxygen atoms in total. The number of aromatic amines is 2. The molecule has 0 aliphatic heterocycles. The van der Waals surface area contributed by atoms with Crippen LogP contribution in [-0.4, -0.2) is 40.6 Å². The van der Waals surface area contributed by atoms with Gasteiger partial charge in [-0.15, -0.1) is 0 Å². The summed E-state index contributed by atoms with van der Waals surface area (Å²) in [6.45, 7) is 1.93. The van der Waals surface area contributed by atoms with Gasteiger partial charge in [0.05, 0.1) is 23.1 Å². The second-order valence-electron chi connectivity index (χ2n) is 5.14. The van der Waals surface area contributed by atoms with Gasteiger partial charge >= 0.3 is 17.1 Å². The fraction of sp³-hybridized carbons (Fsp3) is 0.357. The molecule has 1 aromatic heterocycles. The predicted octanol–water partition coefficient (Wildman–Crippen LogP) is -0.182. The van der Waals surface area contributed by atoms with Crippen LogP contribution in [0.2, 0.25) is 0 Å². The van der Waals surface area contributed by atoms with E-state index in [0.29, 0.717) is 24.0 Å². The summed E-state index contributed by atoms with van der Waals surface area (Å²) in [4.78, 5) is 49.4. The summed E-state index contributed by atoms with van der Waals surface area (Å²) in [7, 11) is 1.27. The Kier molecular flexibility index (Phi) is 5.09. The number of fused-ring (bicyclic) bond motifs is 1. The number of hydrogen-bond donors (Lipinski definition) is 3. The molecule has 2 rings (SSSR count). The monoisotopic (exact) mass is 336 g/mol.